The van der Waals surface area contributed by atoms with Gasteiger partial charge in [0.25, 0.3) is 5.91 Å². The number of ether oxygens (including phenoxy) is 1. The van der Waals surface area contributed by atoms with Crippen LogP contribution in [0.25, 0.3) is 0 Å². The Morgan fingerprint density at radius 1 is 0.968 bits per heavy atom. The van der Waals surface area contributed by atoms with Gasteiger partial charge in [0.15, 0.2) is 0 Å². The lowest BCUT2D eigenvalue weighted by Gasteiger charge is -2.31. The molecule has 0 radical (unpaired) electrons. The fourth-order valence-electron chi connectivity index (χ4n) is 3.54. The predicted molar refractivity (Wildman–Crippen MR) is 119 cm³/mol. The van der Waals surface area contributed by atoms with Crippen molar-refractivity contribution in [2.45, 2.75) is 12.8 Å². The predicted octanol–water partition coefficient (Wildman–Crippen LogP) is 5.02. The van der Waals surface area contributed by atoms with Gasteiger partial charge in [-0.3, -0.25) is 9.59 Å². The van der Waals surface area contributed by atoms with E-state index in [9.17, 15) is 9.59 Å². The van der Waals surface area contributed by atoms with Gasteiger partial charge >= 0.3 is 0 Å². The zero-order valence-corrected chi connectivity index (χ0v) is 17.6. The molecule has 1 N–H and O–H groups in total. The molecule has 7 heteroatoms. The molecule has 0 unspecified atom stereocenters. The average Bonchev–Trinajstić information content (AvgIpc) is 2.81. The number of benzene rings is 2. The van der Waals surface area contributed by atoms with E-state index in [1.54, 1.807) is 29.2 Å². The fraction of sp³-hybridized carbons (Fsp3) is 0.208. The monoisotopic (exact) mass is 435 g/mol. The van der Waals surface area contributed by atoms with Gasteiger partial charge in [0.05, 0.1) is 10.6 Å². The largest absolute Gasteiger partial charge is 0.457 e. The minimum Gasteiger partial charge on any atom is -0.457 e. The van der Waals surface area contributed by atoms with Crippen LogP contribution in [0.2, 0.25) is 5.02 Å². The van der Waals surface area contributed by atoms with E-state index in [0.717, 1.165) is 0 Å². The van der Waals surface area contributed by atoms with Crippen molar-refractivity contribution in [2.75, 3.05) is 18.4 Å². The molecule has 6 nitrogen and oxygen atoms in total. The van der Waals surface area contributed by atoms with Crippen LogP contribution in [0, 0.1) is 5.92 Å². The fourth-order valence-corrected chi connectivity index (χ4v) is 3.65. The number of halogens is 1. The van der Waals surface area contributed by atoms with Crippen molar-refractivity contribution in [2.24, 2.45) is 5.92 Å². The molecule has 1 aromatic heterocycles. The van der Waals surface area contributed by atoms with Gasteiger partial charge in [-0.05, 0) is 49.2 Å². The number of anilines is 1. The van der Waals surface area contributed by atoms with Crippen LogP contribution in [-0.4, -0.2) is 34.8 Å². The first-order valence-corrected chi connectivity index (χ1v) is 10.5. The summed E-state index contributed by atoms with van der Waals surface area (Å²) in [7, 11) is 0. The molecule has 1 aliphatic heterocycles. The summed E-state index contributed by atoms with van der Waals surface area (Å²) in [6, 6.07) is 20.0. The molecule has 2 amide bonds. The highest BCUT2D eigenvalue weighted by atomic mass is 35.5. The summed E-state index contributed by atoms with van der Waals surface area (Å²) in [5.41, 5.74) is 0.514. The highest BCUT2D eigenvalue weighted by Crippen LogP contribution is 2.28. The molecule has 2 aromatic carbocycles. The van der Waals surface area contributed by atoms with Crippen LogP contribution >= 0.6 is 11.6 Å². The molecule has 0 saturated carbocycles. The first-order valence-electron chi connectivity index (χ1n) is 10.1. The number of piperidine rings is 1. The van der Waals surface area contributed by atoms with Crippen LogP contribution < -0.4 is 10.1 Å². The molecular formula is C24H22ClN3O3. The quantitative estimate of drug-likeness (QED) is 0.610. The van der Waals surface area contributed by atoms with E-state index in [2.05, 4.69) is 10.3 Å². The van der Waals surface area contributed by atoms with Gasteiger partial charge in [-0.15, -0.1) is 0 Å². The summed E-state index contributed by atoms with van der Waals surface area (Å²) in [6.45, 7) is 1.01. The first-order chi connectivity index (χ1) is 15.1. The molecule has 0 bridgehead atoms. The average molecular weight is 436 g/mol. The summed E-state index contributed by atoms with van der Waals surface area (Å²) in [6.07, 6.45) is 2.67. The zero-order chi connectivity index (χ0) is 21.6. The number of pyridine rings is 1. The van der Waals surface area contributed by atoms with Crippen molar-refractivity contribution in [1.82, 2.24) is 9.88 Å². The second-order valence-corrected chi connectivity index (χ2v) is 7.77. The molecule has 0 aliphatic carbocycles. The molecular weight excluding hydrogens is 414 g/mol. The Bertz CT molecular complexity index is 1050. The zero-order valence-electron chi connectivity index (χ0n) is 16.8. The maximum absolute atomic E-state index is 13.1. The van der Waals surface area contributed by atoms with Gasteiger partial charge < -0.3 is 15.0 Å². The van der Waals surface area contributed by atoms with Gasteiger partial charge in [0, 0.05) is 25.2 Å². The third kappa shape index (κ3) is 5.22. The SMILES string of the molecule is O=C(Nc1ccc(Cl)cn1)C1CCN(C(=O)c2ccccc2Oc2ccccc2)CC1. The third-order valence-electron chi connectivity index (χ3n) is 5.22. The molecule has 1 fully saturated rings. The van der Waals surface area contributed by atoms with Crippen molar-refractivity contribution in [3.8, 4) is 11.5 Å². The highest BCUT2D eigenvalue weighted by molar-refractivity contribution is 6.30. The van der Waals surface area contributed by atoms with E-state index >= 15 is 0 Å². The number of carbonyl (C=O) groups is 2. The normalized spacial score (nSPS) is 14.2. The Morgan fingerprint density at radius 3 is 2.39 bits per heavy atom. The van der Waals surface area contributed by atoms with Gasteiger partial charge in [-0.25, -0.2) is 4.98 Å². The summed E-state index contributed by atoms with van der Waals surface area (Å²) in [5.74, 6) is 1.32. The standard InChI is InChI=1S/C24H22ClN3O3/c25-18-10-11-22(26-16-18)27-23(29)17-12-14-28(15-13-17)24(30)20-8-4-5-9-21(20)31-19-6-2-1-3-7-19/h1-11,16-17H,12-15H2,(H,26,27,29). The van der Waals surface area contributed by atoms with Crippen molar-refractivity contribution in [1.29, 1.82) is 0 Å². The van der Waals surface area contributed by atoms with E-state index in [4.69, 9.17) is 16.3 Å². The van der Waals surface area contributed by atoms with Crippen LogP contribution in [0.3, 0.4) is 0 Å². The van der Waals surface area contributed by atoms with E-state index in [0.29, 0.717) is 53.8 Å². The number of nitrogens with zero attached hydrogens (tertiary/aromatic N) is 2. The molecule has 31 heavy (non-hydrogen) atoms. The Labute approximate surface area is 185 Å². The van der Waals surface area contributed by atoms with E-state index < -0.39 is 0 Å². The van der Waals surface area contributed by atoms with Gasteiger partial charge in [-0.1, -0.05) is 41.9 Å². The molecule has 1 aliphatic rings. The number of nitrogens with one attached hydrogen (secondary N) is 1. The van der Waals surface area contributed by atoms with E-state index in [1.165, 1.54) is 6.20 Å². The number of rotatable bonds is 5. The molecule has 2 heterocycles. The smallest absolute Gasteiger partial charge is 0.257 e. The van der Waals surface area contributed by atoms with E-state index in [-0.39, 0.29) is 17.7 Å². The lowest BCUT2D eigenvalue weighted by Crippen LogP contribution is -2.41. The Hall–Kier alpha value is -3.38. The molecule has 0 atom stereocenters. The highest BCUT2D eigenvalue weighted by Gasteiger charge is 2.29. The second-order valence-electron chi connectivity index (χ2n) is 7.33. The van der Waals surface area contributed by atoms with Crippen LogP contribution in [0.5, 0.6) is 11.5 Å². The maximum atomic E-state index is 13.1. The lowest BCUT2D eigenvalue weighted by atomic mass is 9.95. The lowest BCUT2D eigenvalue weighted by molar-refractivity contribution is -0.121. The molecule has 4 rings (SSSR count). The summed E-state index contributed by atoms with van der Waals surface area (Å²) >= 11 is 5.83. The molecule has 3 aromatic rings. The number of carbonyl (C=O) groups excluding carboxylic acids is 2. The van der Waals surface area contributed by atoms with Gasteiger partial charge in [-0.2, -0.15) is 0 Å². The molecule has 1 saturated heterocycles. The van der Waals surface area contributed by atoms with Crippen molar-refractivity contribution < 1.29 is 14.3 Å². The maximum Gasteiger partial charge on any atom is 0.257 e. The summed E-state index contributed by atoms with van der Waals surface area (Å²) < 4.78 is 5.93. The summed E-state index contributed by atoms with van der Waals surface area (Å²) in [4.78, 5) is 31.6. The number of amides is 2. The molecule has 158 valence electrons. The number of hydrogen-bond acceptors (Lipinski definition) is 4. The Kier molecular flexibility index (Phi) is 6.48. The van der Waals surface area contributed by atoms with Crippen molar-refractivity contribution in [3.63, 3.8) is 0 Å². The van der Waals surface area contributed by atoms with Gasteiger partial charge in [0.2, 0.25) is 5.91 Å². The van der Waals surface area contributed by atoms with Crippen LogP contribution in [-0.2, 0) is 4.79 Å². The van der Waals surface area contributed by atoms with Crippen LogP contribution in [0.4, 0.5) is 5.82 Å². The third-order valence-corrected chi connectivity index (χ3v) is 5.44. The number of likely N-dealkylation sites (tertiary alicyclic amines) is 1. The minimum absolute atomic E-state index is 0.0882. The van der Waals surface area contributed by atoms with Crippen molar-refractivity contribution >= 4 is 29.2 Å². The number of para-hydroxylation sites is 2. The topological polar surface area (TPSA) is 71.5 Å². The number of hydrogen-bond donors (Lipinski definition) is 1. The van der Waals surface area contributed by atoms with E-state index in [1.807, 2.05) is 42.5 Å². The first kappa shape index (κ1) is 20.9. The minimum atomic E-state index is -0.169. The Balaban J connectivity index is 1.37. The van der Waals surface area contributed by atoms with Crippen LogP contribution in [0.1, 0.15) is 23.2 Å². The second kappa shape index (κ2) is 9.62. The van der Waals surface area contributed by atoms with Crippen molar-refractivity contribution in [3.05, 3.63) is 83.5 Å². The van der Waals surface area contributed by atoms with Crippen LogP contribution in [0.15, 0.2) is 72.9 Å². The van der Waals surface area contributed by atoms with Gasteiger partial charge in [0.1, 0.15) is 17.3 Å². The Morgan fingerprint density at radius 2 is 1.68 bits per heavy atom. The number of aromatic nitrogens is 1. The molecule has 0 spiro atoms. The summed E-state index contributed by atoms with van der Waals surface area (Å²) in [5, 5.41) is 3.33.